The minimum atomic E-state index is -0.232. The summed E-state index contributed by atoms with van der Waals surface area (Å²) in [7, 11) is 1.63. The molecule has 0 bridgehead atoms. The van der Waals surface area contributed by atoms with E-state index in [1.54, 1.807) is 13.3 Å². The lowest BCUT2D eigenvalue weighted by molar-refractivity contribution is -0.116. The summed E-state index contributed by atoms with van der Waals surface area (Å²) in [5, 5.41) is 2.82. The molecule has 0 fully saturated rings. The number of hydrogen-bond donors (Lipinski definition) is 1. The zero-order chi connectivity index (χ0) is 20.3. The summed E-state index contributed by atoms with van der Waals surface area (Å²) in [6, 6.07) is 13.2. The average molecular weight is 379 g/mol. The molecule has 0 aliphatic rings. The van der Waals surface area contributed by atoms with E-state index in [0.717, 1.165) is 22.7 Å². The number of aryl methyl sites for hydroxylation is 2. The number of likely N-dealkylation sites (N-methyl/N-ethyl adjacent to an activating group) is 1. The van der Waals surface area contributed by atoms with Gasteiger partial charge in [-0.25, -0.2) is 0 Å². The molecule has 2 heterocycles. The fourth-order valence-corrected chi connectivity index (χ4v) is 3.15. The molecule has 1 aromatic carbocycles. The number of nitrogens with zero attached hydrogens (tertiary/aromatic N) is 2. The van der Waals surface area contributed by atoms with Gasteiger partial charge in [-0.1, -0.05) is 17.7 Å². The second-order valence-electron chi connectivity index (χ2n) is 7.03. The normalized spacial score (nSPS) is 10.7. The molecular weight excluding hydrogens is 354 g/mol. The lowest BCUT2D eigenvalue weighted by Gasteiger charge is -2.17. The highest BCUT2D eigenvalue weighted by molar-refractivity contribution is 6.00. The first-order chi connectivity index (χ1) is 13.3. The van der Waals surface area contributed by atoms with Gasteiger partial charge in [-0.3, -0.25) is 9.59 Å². The van der Waals surface area contributed by atoms with E-state index in [9.17, 15) is 9.59 Å². The van der Waals surface area contributed by atoms with E-state index in [0.29, 0.717) is 17.8 Å². The molecular formula is C22H25N3O3. The van der Waals surface area contributed by atoms with Crippen molar-refractivity contribution in [3.8, 4) is 0 Å². The highest BCUT2D eigenvalue weighted by Crippen LogP contribution is 2.19. The minimum absolute atomic E-state index is 0.0193. The van der Waals surface area contributed by atoms with Crippen LogP contribution in [0, 0.1) is 20.8 Å². The Kier molecular flexibility index (Phi) is 5.68. The second-order valence-corrected chi connectivity index (χ2v) is 7.03. The van der Waals surface area contributed by atoms with Crippen LogP contribution in [0.2, 0.25) is 0 Å². The van der Waals surface area contributed by atoms with Crippen LogP contribution in [-0.4, -0.2) is 34.9 Å². The van der Waals surface area contributed by atoms with Crippen molar-refractivity contribution in [3.63, 3.8) is 0 Å². The fourth-order valence-electron chi connectivity index (χ4n) is 3.15. The number of carbonyl (C=O) groups excluding carboxylic acids is 2. The highest BCUT2D eigenvalue weighted by Gasteiger charge is 2.21. The number of carbonyl (C=O) groups is 2. The van der Waals surface area contributed by atoms with Crippen LogP contribution in [0.1, 0.15) is 33.1 Å². The number of amides is 2. The summed E-state index contributed by atoms with van der Waals surface area (Å²) in [6.07, 6.45) is 1.63. The van der Waals surface area contributed by atoms with E-state index < -0.39 is 0 Å². The zero-order valence-electron chi connectivity index (χ0n) is 16.7. The van der Waals surface area contributed by atoms with Crippen molar-refractivity contribution in [2.45, 2.75) is 27.3 Å². The van der Waals surface area contributed by atoms with Gasteiger partial charge in [0.05, 0.1) is 24.9 Å². The van der Waals surface area contributed by atoms with E-state index >= 15 is 0 Å². The van der Waals surface area contributed by atoms with Gasteiger partial charge in [-0.05, 0) is 51.1 Å². The Balaban J connectivity index is 1.67. The molecule has 0 radical (unpaired) electrons. The Morgan fingerprint density at radius 1 is 1.11 bits per heavy atom. The molecule has 6 nitrogen and oxygen atoms in total. The van der Waals surface area contributed by atoms with Gasteiger partial charge in [0.2, 0.25) is 5.91 Å². The van der Waals surface area contributed by atoms with Crippen molar-refractivity contribution < 1.29 is 14.0 Å². The van der Waals surface area contributed by atoms with Crippen LogP contribution in [0.3, 0.4) is 0 Å². The number of anilines is 1. The molecule has 2 aromatic heterocycles. The van der Waals surface area contributed by atoms with Gasteiger partial charge in [0, 0.05) is 24.1 Å². The first-order valence-corrected chi connectivity index (χ1v) is 9.16. The summed E-state index contributed by atoms with van der Waals surface area (Å²) < 4.78 is 7.45. The summed E-state index contributed by atoms with van der Waals surface area (Å²) in [4.78, 5) is 26.6. The fraction of sp³-hybridized carbons (Fsp3) is 0.273. The topological polar surface area (TPSA) is 67.5 Å². The van der Waals surface area contributed by atoms with Crippen molar-refractivity contribution in [1.29, 1.82) is 0 Å². The predicted molar refractivity (Wildman–Crippen MR) is 108 cm³/mol. The molecule has 0 saturated heterocycles. The van der Waals surface area contributed by atoms with Gasteiger partial charge in [0.25, 0.3) is 5.91 Å². The second kappa shape index (κ2) is 8.17. The standard InChI is InChI=1S/C22H25N3O3/c1-15-7-9-18(10-8-15)23-21(26)14-24(4)22(27)20-12-16(2)25(17(20)3)13-19-6-5-11-28-19/h5-12H,13-14H2,1-4H3,(H,23,26). The summed E-state index contributed by atoms with van der Waals surface area (Å²) in [5.41, 5.74) is 4.25. The van der Waals surface area contributed by atoms with Crippen LogP contribution < -0.4 is 5.32 Å². The Hall–Kier alpha value is -3.28. The monoisotopic (exact) mass is 379 g/mol. The molecule has 0 spiro atoms. The van der Waals surface area contributed by atoms with Crippen LogP contribution >= 0.6 is 0 Å². The van der Waals surface area contributed by atoms with Crippen LogP contribution in [0.25, 0.3) is 0 Å². The summed E-state index contributed by atoms with van der Waals surface area (Å²) in [6.45, 7) is 6.39. The average Bonchev–Trinajstić information content (AvgIpc) is 3.26. The van der Waals surface area contributed by atoms with Crippen LogP contribution in [-0.2, 0) is 11.3 Å². The Labute approximate surface area is 164 Å². The maximum Gasteiger partial charge on any atom is 0.255 e. The third-order valence-electron chi connectivity index (χ3n) is 4.76. The molecule has 6 heteroatoms. The number of rotatable bonds is 6. The molecule has 0 unspecified atom stereocenters. The van der Waals surface area contributed by atoms with Gasteiger partial charge in [-0.2, -0.15) is 0 Å². The molecule has 0 aliphatic heterocycles. The van der Waals surface area contributed by atoms with E-state index in [4.69, 9.17) is 4.42 Å². The molecule has 3 aromatic rings. The van der Waals surface area contributed by atoms with Crippen molar-refractivity contribution in [2.24, 2.45) is 0 Å². The Morgan fingerprint density at radius 2 is 1.82 bits per heavy atom. The SMILES string of the molecule is Cc1ccc(NC(=O)CN(C)C(=O)c2cc(C)n(Cc3ccco3)c2C)cc1. The highest BCUT2D eigenvalue weighted by atomic mass is 16.3. The number of nitrogens with one attached hydrogen (secondary N) is 1. The first-order valence-electron chi connectivity index (χ1n) is 9.16. The molecule has 0 saturated carbocycles. The molecule has 28 heavy (non-hydrogen) atoms. The van der Waals surface area contributed by atoms with E-state index in [-0.39, 0.29) is 18.4 Å². The summed E-state index contributed by atoms with van der Waals surface area (Å²) >= 11 is 0. The van der Waals surface area contributed by atoms with Gasteiger partial charge < -0.3 is 19.2 Å². The third-order valence-corrected chi connectivity index (χ3v) is 4.76. The first kappa shape index (κ1) is 19.5. The van der Waals surface area contributed by atoms with Crippen molar-refractivity contribution in [2.75, 3.05) is 18.9 Å². The third kappa shape index (κ3) is 4.34. The van der Waals surface area contributed by atoms with Gasteiger partial charge in [0.15, 0.2) is 0 Å². The lowest BCUT2D eigenvalue weighted by atomic mass is 10.2. The van der Waals surface area contributed by atoms with Crippen molar-refractivity contribution in [1.82, 2.24) is 9.47 Å². The molecule has 0 atom stereocenters. The lowest BCUT2D eigenvalue weighted by Crippen LogP contribution is -2.35. The van der Waals surface area contributed by atoms with E-state index in [2.05, 4.69) is 5.32 Å². The van der Waals surface area contributed by atoms with E-state index in [1.807, 2.05) is 67.8 Å². The maximum atomic E-state index is 12.9. The number of aromatic nitrogens is 1. The largest absolute Gasteiger partial charge is 0.467 e. The van der Waals surface area contributed by atoms with Crippen LogP contribution in [0.4, 0.5) is 5.69 Å². The quantitative estimate of drug-likeness (QED) is 0.709. The number of furan rings is 1. The number of hydrogen-bond acceptors (Lipinski definition) is 3. The van der Waals surface area contributed by atoms with Crippen molar-refractivity contribution >= 4 is 17.5 Å². The smallest absolute Gasteiger partial charge is 0.255 e. The Bertz CT molecular complexity index is 969. The van der Waals surface area contributed by atoms with Gasteiger partial charge in [0.1, 0.15) is 5.76 Å². The molecule has 0 aliphatic carbocycles. The molecule has 1 N–H and O–H groups in total. The van der Waals surface area contributed by atoms with E-state index in [1.165, 1.54) is 4.90 Å². The number of benzene rings is 1. The molecule has 146 valence electrons. The van der Waals surface area contributed by atoms with Gasteiger partial charge in [-0.15, -0.1) is 0 Å². The maximum absolute atomic E-state index is 12.9. The van der Waals surface area contributed by atoms with Gasteiger partial charge >= 0.3 is 0 Å². The summed E-state index contributed by atoms with van der Waals surface area (Å²) in [5.74, 6) is 0.411. The Morgan fingerprint density at radius 3 is 2.46 bits per heavy atom. The predicted octanol–water partition coefficient (Wildman–Crippen LogP) is 3.77. The zero-order valence-corrected chi connectivity index (χ0v) is 16.7. The van der Waals surface area contributed by atoms with Crippen LogP contribution in [0.5, 0.6) is 0 Å². The van der Waals surface area contributed by atoms with Crippen LogP contribution in [0.15, 0.2) is 53.1 Å². The minimum Gasteiger partial charge on any atom is -0.467 e. The molecule has 3 rings (SSSR count). The van der Waals surface area contributed by atoms with Crippen molar-refractivity contribution in [3.05, 3.63) is 77.0 Å². The molecule has 2 amide bonds.